The van der Waals surface area contributed by atoms with Crippen LogP contribution < -0.4 is 5.32 Å². The number of hydrogen-bond acceptors (Lipinski definition) is 2. The summed E-state index contributed by atoms with van der Waals surface area (Å²) in [5, 5.41) is 12.1. The van der Waals surface area contributed by atoms with Crippen LogP contribution in [0.4, 0.5) is 10.5 Å². The van der Waals surface area contributed by atoms with Crippen molar-refractivity contribution in [1.29, 1.82) is 0 Å². The fraction of sp³-hybridized carbons (Fsp3) is 0.500. The fourth-order valence-corrected chi connectivity index (χ4v) is 2.77. The molecule has 0 aromatic heterocycles. The molecular weight excluding hydrogens is 268 g/mol. The maximum absolute atomic E-state index is 11.5. The first-order valence-electron chi connectivity index (χ1n) is 7.10. The van der Waals surface area contributed by atoms with Crippen LogP contribution in [-0.4, -0.2) is 33.6 Å². The lowest BCUT2D eigenvalue weighted by Gasteiger charge is -2.33. The zero-order chi connectivity index (χ0) is 15.8. The molecule has 2 N–H and O–H groups in total. The molecule has 0 radical (unpaired) electrons. The van der Waals surface area contributed by atoms with Gasteiger partial charge in [-0.15, -0.1) is 0 Å². The average Bonchev–Trinajstić information content (AvgIpc) is 3.06. The van der Waals surface area contributed by atoms with E-state index in [9.17, 15) is 14.7 Å². The van der Waals surface area contributed by atoms with Crippen molar-refractivity contribution in [1.82, 2.24) is 4.90 Å². The molecule has 1 aliphatic carbocycles. The lowest BCUT2D eigenvalue weighted by molar-refractivity contribution is -0.114. The summed E-state index contributed by atoms with van der Waals surface area (Å²) in [5.74, 6) is 0.142. The first kappa shape index (κ1) is 15.4. The van der Waals surface area contributed by atoms with Crippen LogP contribution in [0.25, 0.3) is 0 Å². The SMILES string of the molecule is CC(=O)Nc1ccc([C@@H]2C[C@H]2N(C(=O)O)C(C)(C)C)cc1. The molecule has 0 unspecified atom stereocenters. The molecule has 1 aliphatic rings. The number of carbonyl (C=O) groups is 2. The van der Waals surface area contributed by atoms with Gasteiger partial charge in [-0.1, -0.05) is 12.1 Å². The minimum absolute atomic E-state index is 0.0362. The van der Waals surface area contributed by atoms with E-state index in [0.29, 0.717) is 0 Å². The molecule has 1 saturated carbocycles. The second-order valence-electron chi connectivity index (χ2n) is 6.54. The molecule has 0 spiro atoms. The third-order valence-corrected chi connectivity index (χ3v) is 3.68. The van der Waals surface area contributed by atoms with Crippen LogP contribution in [0, 0.1) is 0 Å². The van der Waals surface area contributed by atoms with Crippen molar-refractivity contribution >= 4 is 17.7 Å². The molecule has 114 valence electrons. The molecular formula is C16H22N2O3. The summed E-state index contributed by atoms with van der Waals surface area (Å²) in [5.41, 5.74) is 1.47. The van der Waals surface area contributed by atoms with E-state index in [2.05, 4.69) is 5.32 Å². The number of carboxylic acid groups (broad SMARTS) is 1. The third kappa shape index (κ3) is 3.54. The molecule has 0 heterocycles. The maximum atomic E-state index is 11.5. The largest absolute Gasteiger partial charge is 0.465 e. The normalized spacial score (nSPS) is 20.8. The van der Waals surface area contributed by atoms with Crippen molar-refractivity contribution in [3.8, 4) is 0 Å². The van der Waals surface area contributed by atoms with Crippen LogP contribution >= 0.6 is 0 Å². The zero-order valence-corrected chi connectivity index (χ0v) is 12.9. The van der Waals surface area contributed by atoms with Gasteiger partial charge in [-0.3, -0.25) is 9.69 Å². The highest BCUT2D eigenvalue weighted by Crippen LogP contribution is 2.47. The number of carbonyl (C=O) groups excluding carboxylic acids is 1. The summed E-state index contributed by atoms with van der Waals surface area (Å²) in [6, 6.07) is 7.66. The highest BCUT2D eigenvalue weighted by atomic mass is 16.4. The number of anilines is 1. The van der Waals surface area contributed by atoms with Gasteiger partial charge >= 0.3 is 6.09 Å². The van der Waals surface area contributed by atoms with E-state index in [0.717, 1.165) is 17.7 Å². The first-order chi connectivity index (χ1) is 9.70. The minimum Gasteiger partial charge on any atom is -0.465 e. The van der Waals surface area contributed by atoms with Gasteiger partial charge in [0.15, 0.2) is 0 Å². The van der Waals surface area contributed by atoms with Gasteiger partial charge in [-0.25, -0.2) is 4.79 Å². The topological polar surface area (TPSA) is 69.6 Å². The van der Waals surface area contributed by atoms with Crippen LogP contribution in [0.1, 0.15) is 45.6 Å². The summed E-state index contributed by atoms with van der Waals surface area (Å²) in [6.45, 7) is 7.21. The van der Waals surface area contributed by atoms with Crippen molar-refractivity contribution in [3.05, 3.63) is 29.8 Å². The van der Waals surface area contributed by atoms with Crippen molar-refractivity contribution in [2.24, 2.45) is 0 Å². The van der Waals surface area contributed by atoms with Gasteiger partial charge in [0.2, 0.25) is 5.91 Å². The molecule has 1 fully saturated rings. The number of nitrogens with one attached hydrogen (secondary N) is 1. The minimum atomic E-state index is -0.870. The van der Waals surface area contributed by atoms with Crippen LogP contribution in [0.15, 0.2) is 24.3 Å². The van der Waals surface area contributed by atoms with E-state index in [1.165, 1.54) is 6.92 Å². The van der Waals surface area contributed by atoms with E-state index >= 15 is 0 Å². The quantitative estimate of drug-likeness (QED) is 0.897. The van der Waals surface area contributed by atoms with Crippen molar-refractivity contribution in [3.63, 3.8) is 0 Å². The van der Waals surface area contributed by atoms with Crippen LogP contribution in [0.5, 0.6) is 0 Å². The second kappa shape index (κ2) is 5.39. The van der Waals surface area contributed by atoms with E-state index in [1.54, 1.807) is 4.90 Å². The lowest BCUT2D eigenvalue weighted by atomic mass is 10.0. The van der Waals surface area contributed by atoms with Crippen LogP contribution in [0.2, 0.25) is 0 Å². The molecule has 5 heteroatoms. The van der Waals surface area contributed by atoms with Crippen LogP contribution in [-0.2, 0) is 4.79 Å². The molecule has 1 aromatic rings. The van der Waals surface area contributed by atoms with Crippen LogP contribution in [0.3, 0.4) is 0 Å². The molecule has 0 bridgehead atoms. The Morgan fingerprint density at radius 3 is 2.24 bits per heavy atom. The Morgan fingerprint density at radius 1 is 1.24 bits per heavy atom. The van der Waals surface area contributed by atoms with Crippen molar-refractivity contribution in [2.75, 3.05) is 5.32 Å². The number of hydrogen-bond donors (Lipinski definition) is 2. The smallest absolute Gasteiger partial charge is 0.408 e. The highest BCUT2D eigenvalue weighted by molar-refractivity contribution is 5.88. The lowest BCUT2D eigenvalue weighted by Crippen LogP contribution is -2.46. The maximum Gasteiger partial charge on any atom is 0.408 e. The fourth-order valence-electron chi connectivity index (χ4n) is 2.77. The summed E-state index contributed by atoms with van der Waals surface area (Å²) in [6.07, 6.45) is -0.0202. The monoisotopic (exact) mass is 290 g/mol. The van der Waals surface area contributed by atoms with Gasteiger partial charge in [-0.2, -0.15) is 0 Å². The molecule has 1 aromatic carbocycles. The Bertz CT molecular complexity index is 546. The molecule has 5 nitrogen and oxygen atoms in total. The molecule has 2 amide bonds. The van der Waals surface area contributed by atoms with Crippen molar-refractivity contribution in [2.45, 2.75) is 51.6 Å². The van der Waals surface area contributed by atoms with Gasteiger partial charge in [0, 0.05) is 30.1 Å². The average molecular weight is 290 g/mol. The van der Waals surface area contributed by atoms with Crippen molar-refractivity contribution < 1.29 is 14.7 Å². The van der Waals surface area contributed by atoms with E-state index in [1.807, 2.05) is 45.0 Å². The number of benzene rings is 1. The molecule has 0 aliphatic heterocycles. The van der Waals surface area contributed by atoms with Gasteiger partial charge in [0.05, 0.1) is 0 Å². The van der Waals surface area contributed by atoms with E-state index < -0.39 is 11.6 Å². The molecule has 21 heavy (non-hydrogen) atoms. The van der Waals surface area contributed by atoms with E-state index in [4.69, 9.17) is 0 Å². The molecule has 0 saturated heterocycles. The Hall–Kier alpha value is -2.04. The Morgan fingerprint density at radius 2 is 1.81 bits per heavy atom. The zero-order valence-electron chi connectivity index (χ0n) is 12.9. The number of amides is 2. The Balaban J connectivity index is 2.08. The Kier molecular flexibility index (Phi) is 3.94. The van der Waals surface area contributed by atoms with E-state index in [-0.39, 0.29) is 17.9 Å². The standard InChI is InChI=1S/C16H22N2O3/c1-10(19)17-12-7-5-11(6-8-12)13-9-14(13)18(15(20)21)16(2,3)4/h5-8,13-14H,9H2,1-4H3,(H,17,19)(H,20,21)/t13-,14+/m0/s1. The Labute approximate surface area is 125 Å². The summed E-state index contributed by atoms with van der Waals surface area (Å²) in [4.78, 5) is 24.0. The summed E-state index contributed by atoms with van der Waals surface area (Å²) in [7, 11) is 0. The predicted octanol–water partition coefficient (Wildman–Crippen LogP) is 3.28. The predicted molar refractivity (Wildman–Crippen MR) is 81.5 cm³/mol. The highest BCUT2D eigenvalue weighted by Gasteiger charge is 2.48. The third-order valence-electron chi connectivity index (χ3n) is 3.68. The molecule has 2 rings (SSSR count). The summed E-state index contributed by atoms with van der Waals surface area (Å²) < 4.78 is 0. The summed E-state index contributed by atoms with van der Waals surface area (Å²) >= 11 is 0. The first-order valence-corrected chi connectivity index (χ1v) is 7.10. The van der Waals surface area contributed by atoms with Gasteiger partial charge in [0.1, 0.15) is 0 Å². The second-order valence-corrected chi connectivity index (χ2v) is 6.54. The van der Waals surface area contributed by atoms with Gasteiger partial charge in [0.25, 0.3) is 0 Å². The van der Waals surface area contributed by atoms with Gasteiger partial charge < -0.3 is 10.4 Å². The number of nitrogens with zero attached hydrogens (tertiary/aromatic N) is 1. The van der Waals surface area contributed by atoms with Gasteiger partial charge in [-0.05, 0) is 44.9 Å². The number of rotatable bonds is 3. The molecule has 2 atom stereocenters.